The predicted octanol–water partition coefficient (Wildman–Crippen LogP) is 6.51. The van der Waals surface area contributed by atoms with Crippen LogP contribution >= 0.6 is 0 Å². The van der Waals surface area contributed by atoms with Gasteiger partial charge in [0, 0.05) is 28.8 Å². The summed E-state index contributed by atoms with van der Waals surface area (Å²) >= 11 is 0. The van der Waals surface area contributed by atoms with Crippen molar-refractivity contribution in [2.45, 2.75) is 18.6 Å². The van der Waals surface area contributed by atoms with Crippen LogP contribution in [0.25, 0.3) is 10.9 Å². The first-order valence-corrected chi connectivity index (χ1v) is 10.4. The number of hydrogen-bond acceptors (Lipinski definition) is 1. The van der Waals surface area contributed by atoms with Crippen molar-refractivity contribution in [1.29, 1.82) is 0 Å². The Morgan fingerprint density at radius 3 is 2.52 bits per heavy atom. The summed E-state index contributed by atoms with van der Waals surface area (Å²) in [4.78, 5) is 18.2. The van der Waals surface area contributed by atoms with Gasteiger partial charge in [-0.1, -0.05) is 36.4 Å². The maximum atomic E-state index is 13.6. The molecule has 2 heterocycles. The second kappa shape index (κ2) is 7.95. The quantitative estimate of drug-likeness (QED) is 0.334. The van der Waals surface area contributed by atoms with Crippen molar-refractivity contribution in [2.75, 3.05) is 11.9 Å². The van der Waals surface area contributed by atoms with Gasteiger partial charge >= 0.3 is 12.2 Å². The van der Waals surface area contributed by atoms with E-state index in [1.165, 1.54) is 24.3 Å². The summed E-state index contributed by atoms with van der Waals surface area (Å²) in [6.07, 6.45) is -3.94. The van der Waals surface area contributed by atoms with Gasteiger partial charge in [-0.15, -0.1) is 0 Å². The van der Waals surface area contributed by atoms with Crippen molar-refractivity contribution in [1.82, 2.24) is 9.88 Å². The van der Waals surface area contributed by atoms with Gasteiger partial charge in [0.15, 0.2) is 0 Å². The molecule has 0 saturated carbocycles. The van der Waals surface area contributed by atoms with Crippen molar-refractivity contribution in [3.05, 3.63) is 101 Å². The number of carbonyl (C=O) groups is 1. The molecule has 0 saturated heterocycles. The van der Waals surface area contributed by atoms with Crippen molar-refractivity contribution >= 4 is 22.6 Å². The highest BCUT2D eigenvalue weighted by Gasteiger charge is 2.35. The molecule has 1 aliphatic heterocycles. The van der Waals surface area contributed by atoms with E-state index in [0.29, 0.717) is 18.5 Å². The molecule has 1 atom stereocenters. The first-order valence-electron chi connectivity index (χ1n) is 10.4. The van der Waals surface area contributed by atoms with Crippen molar-refractivity contribution in [2.24, 2.45) is 0 Å². The van der Waals surface area contributed by atoms with Gasteiger partial charge in [0.05, 0.1) is 11.6 Å². The number of anilines is 1. The van der Waals surface area contributed by atoms with Crippen LogP contribution in [0.3, 0.4) is 0 Å². The Hall–Kier alpha value is -3.81. The molecule has 0 aliphatic carbocycles. The predicted molar refractivity (Wildman–Crippen MR) is 117 cm³/mol. The zero-order valence-corrected chi connectivity index (χ0v) is 17.3. The van der Waals surface area contributed by atoms with Crippen LogP contribution in [0.4, 0.5) is 28.0 Å². The minimum atomic E-state index is -4.51. The van der Waals surface area contributed by atoms with Crippen LogP contribution in [-0.4, -0.2) is 22.5 Å². The number of aromatic nitrogens is 1. The van der Waals surface area contributed by atoms with Gasteiger partial charge in [-0.05, 0) is 53.9 Å². The summed E-state index contributed by atoms with van der Waals surface area (Å²) in [5, 5.41) is 3.65. The minimum Gasteiger partial charge on any atom is -0.356 e. The number of rotatable bonds is 2. The second-order valence-electron chi connectivity index (χ2n) is 7.97. The molecular weight excluding hydrogens is 434 g/mol. The number of aromatic amines is 1. The number of alkyl halides is 3. The molecule has 2 N–H and O–H groups in total. The topological polar surface area (TPSA) is 48.1 Å². The SMILES string of the molecule is O=C(Nc1cccc(C(F)(F)F)c1)N1CCc2c([nH]c3ccccc23)[C@@H]1c1ccc(F)cc1. The van der Waals surface area contributed by atoms with Crippen LogP contribution in [0.2, 0.25) is 0 Å². The first-order chi connectivity index (χ1) is 15.8. The molecule has 1 aliphatic rings. The Labute approximate surface area is 186 Å². The van der Waals surface area contributed by atoms with Gasteiger partial charge < -0.3 is 15.2 Å². The lowest BCUT2D eigenvalue weighted by molar-refractivity contribution is -0.137. The fraction of sp³-hybridized carbons (Fsp3) is 0.160. The fourth-order valence-electron chi connectivity index (χ4n) is 4.42. The molecule has 33 heavy (non-hydrogen) atoms. The molecular formula is C25H19F4N3O. The van der Waals surface area contributed by atoms with Gasteiger partial charge in [-0.25, -0.2) is 9.18 Å². The molecule has 0 unspecified atom stereocenters. The minimum absolute atomic E-state index is 0.0510. The lowest BCUT2D eigenvalue weighted by Gasteiger charge is -2.36. The van der Waals surface area contributed by atoms with Crippen LogP contribution in [0.1, 0.15) is 28.4 Å². The molecule has 5 rings (SSSR count). The van der Waals surface area contributed by atoms with Gasteiger partial charge in [0.25, 0.3) is 0 Å². The van der Waals surface area contributed by atoms with Crippen molar-refractivity contribution < 1.29 is 22.4 Å². The standard InChI is InChI=1S/C25H19F4N3O/c26-17-10-8-15(9-11-17)23-22-20(19-6-1-2-7-21(19)31-22)12-13-32(23)24(33)30-18-5-3-4-16(14-18)25(27,28)29/h1-11,14,23,31H,12-13H2,(H,30,33)/t23-/m0/s1. The third-order valence-corrected chi connectivity index (χ3v) is 5.92. The molecule has 0 spiro atoms. The highest BCUT2D eigenvalue weighted by molar-refractivity contribution is 5.91. The number of benzene rings is 3. The molecule has 3 aromatic carbocycles. The number of nitrogens with one attached hydrogen (secondary N) is 2. The largest absolute Gasteiger partial charge is 0.416 e. The van der Waals surface area contributed by atoms with Crippen LogP contribution in [-0.2, 0) is 12.6 Å². The average molecular weight is 453 g/mol. The highest BCUT2D eigenvalue weighted by Crippen LogP contribution is 2.39. The lowest BCUT2D eigenvalue weighted by atomic mass is 9.92. The number of H-pyrrole nitrogens is 1. The van der Waals surface area contributed by atoms with Gasteiger partial charge in [0.2, 0.25) is 0 Å². The van der Waals surface area contributed by atoms with Crippen LogP contribution < -0.4 is 5.32 Å². The first kappa shape index (κ1) is 21.1. The molecule has 4 nitrogen and oxygen atoms in total. The zero-order chi connectivity index (χ0) is 23.2. The number of hydrogen-bond donors (Lipinski definition) is 2. The van der Waals surface area contributed by atoms with Crippen molar-refractivity contribution in [3.63, 3.8) is 0 Å². The van der Waals surface area contributed by atoms with E-state index in [2.05, 4.69) is 10.3 Å². The Morgan fingerprint density at radius 1 is 1.00 bits per heavy atom. The van der Waals surface area contributed by atoms with E-state index < -0.39 is 29.6 Å². The number of nitrogens with zero attached hydrogens (tertiary/aromatic N) is 1. The molecule has 0 bridgehead atoms. The summed E-state index contributed by atoms with van der Waals surface area (Å²) < 4.78 is 52.9. The Balaban J connectivity index is 1.53. The smallest absolute Gasteiger partial charge is 0.356 e. The average Bonchev–Trinajstić information content (AvgIpc) is 3.17. The third kappa shape index (κ3) is 3.92. The summed E-state index contributed by atoms with van der Waals surface area (Å²) in [6.45, 7) is 0.349. The third-order valence-electron chi connectivity index (χ3n) is 5.92. The number of halogens is 4. The van der Waals surface area contributed by atoms with E-state index >= 15 is 0 Å². The number of carbonyl (C=O) groups excluding carboxylic acids is 1. The summed E-state index contributed by atoms with van der Waals surface area (Å²) in [6, 6.07) is 17.1. The molecule has 0 fully saturated rings. The molecule has 2 amide bonds. The monoisotopic (exact) mass is 453 g/mol. The van der Waals surface area contributed by atoms with E-state index in [0.717, 1.165) is 34.3 Å². The highest BCUT2D eigenvalue weighted by atomic mass is 19.4. The molecule has 8 heteroatoms. The molecule has 168 valence electrons. The zero-order valence-electron chi connectivity index (χ0n) is 17.3. The van der Waals surface area contributed by atoms with Crippen LogP contribution in [0, 0.1) is 5.82 Å². The number of amides is 2. The summed E-state index contributed by atoms with van der Waals surface area (Å²) in [5.41, 5.74) is 2.72. The van der Waals surface area contributed by atoms with Crippen LogP contribution in [0.15, 0.2) is 72.8 Å². The van der Waals surface area contributed by atoms with Gasteiger partial charge in [0.1, 0.15) is 5.82 Å². The van der Waals surface area contributed by atoms with E-state index in [4.69, 9.17) is 0 Å². The van der Waals surface area contributed by atoms with Gasteiger partial charge in [-0.2, -0.15) is 13.2 Å². The van der Waals surface area contributed by atoms with E-state index in [-0.39, 0.29) is 5.69 Å². The normalized spacial score (nSPS) is 16.0. The number of urea groups is 1. The second-order valence-corrected chi connectivity index (χ2v) is 7.97. The summed E-state index contributed by atoms with van der Waals surface area (Å²) in [7, 11) is 0. The van der Waals surface area contributed by atoms with Crippen molar-refractivity contribution in [3.8, 4) is 0 Å². The van der Waals surface area contributed by atoms with E-state index in [1.54, 1.807) is 17.0 Å². The maximum Gasteiger partial charge on any atom is 0.416 e. The van der Waals surface area contributed by atoms with Gasteiger partial charge in [-0.3, -0.25) is 0 Å². The maximum absolute atomic E-state index is 13.6. The lowest BCUT2D eigenvalue weighted by Crippen LogP contribution is -2.43. The number of para-hydroxylation sites is 1. The van der Waals surface area contributed by atoms with Crippen LogP contribution in [0.5, 0.6) is 0 Å². The van der Waals surface area contributed by atoms with E-state index in [1.807, 2.05) is 24.3 Å². The molecule has 1 aromatic heterocycles. The number of fused-ring (bicyclic) bond motifs is 3. The Kier molecular flexibility index (Phi) is 5.08. The Morgan fingerprint density at radius 2 is 1.76 bits per heavy atom. The fourth-order valence-corrected chi connectivity index (χ4v) is 4.42. The van der Waals surface area contributed by atoms with E-state index in [9.17, 15) is 22.4 Å². The Bertz CT molecular complexity index is 1330. The summed E-state index contributed by atoms with van der Waals surface area (Å²) in [5.74, 6) is -0.397. The molecule has 4 aromatic rings. The molecule has 0 radical (unpaired) electrons.